The molecule has 3 aromatic rings. The highest BCUT2D eigenvalue weighted by Crippen LogP contribution is 2.38. The Morgan fingerprint density at radius 2 is 1.60 bits per heavy atom. The molecule has 0 fully saturated rings. The zero-order valence-corrected chi connectivity index (χ0v) is 21.7. The molecule has 0 aromatic heterocycles. The summed E-state index contributed by atoms with van der Waals surface area (Å²) in [4.78, 5) is 0. The van der Waals surface area contributed by atoms with Crippen LogP contribution in [0.2, 0.25) is 0 Å². The molecule has 5 heteroatoms. The number of benzene rings is 3. The smallest absolute Gasteiger partial charge is 0.131 e. The second-order valence-corrected chi connectivity index (χ2v) is 10.1. The van der Waals surface area contributed by atoms with E-state index < -0.39 is 5.60 Å². The lowest BCUT2D eigenvalue weighted by molar-refractivity contribution is -0.00977. The molecule has 0 unspecified atom stereocenters. The SMILES string of the molecule is CO[C@](C)(CCCC(C)C)c1ccc(Cc2c(C)cc(Oc3cc(C)cc(O)c3)cc2O)cc1O. The van der Waals surface area contributed by atoms with Gasteiger partial charge in [-0.15, -0.1) is 0 Å². The molecule has 0 spiro atoms. The lowest BCUT2D eigenvalue weighted by Gasteiger charge is -2.30. The van der Waals surface area contributed by atoms with Gasteiger partial charge in [0.25, 0.3) is 0 Å². The number of phenols is 3. The van der Waals surface area contributed by atoms with E-state index in [0.29, 0.717) is 23.8 Å². The average Bonchev–Trinajstić information content (AvgIpc) is 2.75. The first-order valence-corrected chi connectivity index (χ1v) is 12.2. The highest BCUT2D eigenvalue weighted by atomic mass is 16.5. The molecule has 3 N–H and O–H groups in total. The zero-order valence-electron chi connectivity index (χ0n) is 21.7. The van der Waals surface area contributed by atoms with Crippen LogP contribution < -0.4 is 4.74 Å². The number of ether oxygens (including phenoxy) is 2. The number of aromatic hydroxyl groups is 3. The monoisotopic (exact) mass is 478 g/mol. The van der Waals surface area contributed by atoms with Gasteiger partial charge in [0.05, 0.1) is 5.60 Å². The van der Waals surface area contributed by atoms with E-state index in [4.69, 9.17) is 9.47 Å². The van der Waals surface area contributed by atoms with Gasteiger partial charge in [0.15, 0.2) is 0 Å². The number of rotatable bonds is 10. The number of hydrogen-bond donors (Lipinski definition) is 3. The van der Waals surface area contributed by atoms with Crippen LogP contribution in [0, 0.1) is 19.8 Å². The molecule has 0 aliphatic rings. The molecule has 0 saturated heterocycles. The van der Waals surface area contributed by atoms with Crippen LogP contribution in [0.3, 0.4) is 0 Å². The first-order chi connectivity index (χ1) is 16.5. The van der Waals surface area contributed by atoms with E-state index in [9.17, 15) is 15.3 Å². The van der Waals surface area contributed by atoms with Crippen molar-refractivity contribution in [3.63, 3.8) is 0 Å². The van der Waals surface area contributed by atoms with Gasteiger partial charge in [-0.25, -0.2) is 0 Å². The molecule has 0 aliphatic heterocycles. The second-order valence-electron chi connectivity index (χ2n) is 10.1. The largest absolute Gasteiger partial charge is 0.508 e. The van der Waals surface area contributed by atoms with Crippen molar-refractivity contribution in [2.24, 2.45) is 5.92 Å². The Morgan fingerprint density at radius 1 is 0.886 bits per heavy atom. The third-order valence-electron chi connectivity index (χ3n) is 6.59. The fourth-order valence-corrected chi connectivity index (χ4v) is 4.51. The summed E-state index contributed by atoms with van der Waals surface area (Å²) in [6.07, 6.45) is 3.43. The summed E-state index contributed by atoms with van der Waals surface area (Å²) in [5, 5.41) is 31.4. The summed E-state index contributed by atoms with van der Waals surface area (Å²) in [5.74, 6) is 2.08. The van der Waals surface area contributed by atoms with Gasteiger partial charge in [-0.05, 0) is 80.5 Å². The van der Waals surface area contributed by atoms with E-state index in [1.165, 1.54) is 6.07 Å². The molecule has 0 heterocycles. The first kappa shape index (κ1) is 26.4. The fourth-order valence-electron chi connectivity index (χ4n) is 4.51. The van der Waals surface area contributed by atoms with Crippen molar-refractivity contribution >= 4 is 0 Å². The molecule has 3 aromatic carbocycles. The van der Waals surface area contributed by atoms with Gasteiger partial charge in [0, 0.05) is 36.8 Å². The van der Waals surface area contributed by atoms with Gasteiger partial charge in [-0.1, -0.05) is 32.4 Å². The predicted molar refractivity (Wildman–Crippen MR) is 140 cm³/mol. The van der Waals surface area contributed by atoms with E-state index in [-0.39, 0.29) is 17.2 Å². The van der Waals surface area contributed by atoms with Gasteiger partial charge >= 0.3 is 0 Å². The van der Waals surface area contributed by atoms with Gasteiger partial charge in [-0.3, -0.25) is 0 Å². The van der Waals surface area contributed by atoms with Crippen LogP contribution in [0.25, 0.3) is 0 Å². The standard InChI is InChI=1S/C30H38O5/c1-19(2)8-7-11-30(5,34-6)27-10-9-22(16-29(27)33)15-26-21(4)14-25(18-28(26)32)35-24-13-20(3)12-23(31)17-24/h9-10,12-14,16-19,31-33H,7-8,11,15H2,1-6H3/t30-/m1/s1. The van der Waals surface area contributed by atoms with Gasteiger partial charge in [-0.2, -0.15) is 0 Å². The molecule has 0 amide bonds. The Balaban J connectivity index is 1.79. The minimum Gasteiger partial charge on any atom is -0.508 e. The highest BCUT2D eigenvalue weighted by molar-refractivity contribution is 5.50. The summed E-state index contributed by atoms with van der Waals surface area (Å²) < 4.78 is 11.7. The normalized spacial score (nSPS) is 13.1. The molecule has 0 radical (unpaired) electrons. The Hall–Kier alpha value is -3.18. The van der Waals surface area contributed by atoms with Crippen molar-refractivity contribution in [1.82, 2.24) is 0 Å². The first-order valence-electron chi connectivity index (χ1n) is 12.2. The van der Waals surface area contributed by atoms with E-state index in [2.05, 4.69) is 13.8 Å². The van der Waals surface area contributed by atoms with Gasteiger partial charge in [0.2, 0.25) is 0 Å². The topological polar surface area (TPSA) is 79.2 Å². The maximum Gasteiger partial charge on any atom is 0.131 e. The number of aryl methyl sites for hydroxylation is 2. The molecule has 0 aliphatic carbocycles. The van der Waals surface area contributed by atoms with Crippen molar-refractivity contribution < 1.29 is 24.8 Å². The van der Waals surface area contributed by atoms with Crippen molar-refractivity contribution in [3.8, 4) is 28.7 Å². The van der Waals surface area contributed by atoms with E-state index >= 15 is 0 Å². The lowest BCUT2D eigenvalue weighted by atomic mass is 9.87. The van der Waals surface area contributed by atoms with Crippen LogP contribution in [0.15, 0.2) is 48.5 Å². The van der Waals surface area contributed by atoms with Gasteiger partial charge in [0.1, 0.15) is 28.7 Å². The summed E-state index contributed by atoms with van der Waals surface area (Å²) in [6.45, 7) is 10.2. The van der Waals surface area contributed by atoms with Gasteiger partial charge < -0.3 is 24.8 Å². The van der Waals surface area contributed by atoms with Crippen molar-refractivity contribution in [3.05, 3.63) is 76.3 Å². The summed E-state index contributed by atoms with van der Waals surface area (Å²) in [5.41, 5.74) is 3.63. The fraction of sp³-hybridized carbons (Fsp3) is 0.400. The van der Waals surface area contributed by atoms with Crippen LogP contribution >= 0.6 is 0 Å². The maximum atomic E-state index is 10.9. The molecule has 0 bridgehead atoms. The number of hydrogen-bond acceptors (Lipinski definition) is 5. The second kappa shape index (κ2) is 11.0. The van der Waals surface area contributed by atoms with Crippen LogP contribution in [0.1, 0.15) is 67.9 Å². The molecular formula is C30H38O5. The maximum absolute atomic E-state index is 10.9. The Morgan fingerprint density at radius 3 is 2.20 bits per heavy atom. The van der Waals surface area contributed by atoms with Crippen molar-refractivity contribution in [1.29, 1.82) is 0 Å². The molecular weight excluding hydrogens is 440 g/mol. The molecule has 35 heavy (non-hydrogen) atoms. The van der Waals surface area contributed by atoms with Crippen LogP contribution in [-0.4, -0.2) is 22.4 Å². The quantitative estimate of drug-likeness (QED) is 0.281. The number of methoxy groups -OCH3 is 1. The minimum absolute atomic E-state index is 0.121. The zero-order chi connectivity index (χ0) is 25.8. The van der Waals surface area contributed by atoms with Crippen LogP contribution in [0.5, 0.6) is 28.7 Å². The Labute approximate surface area is 209 Å². The third-order valence-corrected chi connectivity index (χ3v) is 6.59. The van der Waals surface area contributed by atoms with Crippen molar-refractivity contribution in [2.45, 2.75) is 65.9 Å². The summed E-state index contributed by atoms with van der Waals surface area (Å²) in [7, 11) is 1.69. The highest BCUT2D eigenvalue weighted by Gasteiger charge is 2.29. The molecule has 188 valence electrons. The molecule has 5 nitrogen and oxygen atoms in total. The molecule has 0 saturated carbocycles. The summed E-state index contributed by atoms with van der Waals surface area (Å²) in [6, 6.07) is 14.1. The Kier molecular flexibility index (Phi) is 8.34. The average molecular weight is 479 g/mol. The molecule has 3 rings (SSSR count). The lowest BCUT2D eigenvalue weighted by Crippen LogP contribution is -2.24. The summed E-state index contributed by atoms with van der Waals surface area (Å²) >= 11 is 0. The minimum atomic E-state index is -0.557. The van der Waals surface area contributed by atoms with Crippen LogP contribution in [-0.2, 0) is 16.8 Å². The third kappa shape index (κ3) is 6.70. The van der Waals surface area contributed by atoms with E-state index in [0.717, 1.165) is 47.1 Å². The van der Waals surface area contributed by atoms with E-state index in [1.54, 1.807) is 25.3 Å². The van der Waals surface area contributed by atoms with Crippen molar-refractivity contribution in [2.75, 3.05) is 7.11 Å². The van der Waals surface area contributed by atoms with E-state index in [1.807, 2.05) is 45.0 Å². The Bertz CT molecular complexity index is 1120. The predicted octanol–water partition coefficient (Wildman–Crippen LogP) is 7.49. The molecule has 1 atom stereocenters. The van der Waals surface area contributed by atoms with Crippen LogP contribution in [0.4, 0.5) is 0 Å². The number of phenolic OH excluding ortho intramolecular Hbond substituents is 3.